The Kier molecular flexibility index (Phi) is 4.09. The largest absolute Gasteiger partial charge is 0.481 e. The van der Waals surface area contributed by atoms with Gasteiger partial charge in [-0.15, -0.1) is 0 Å². The van der Waals surface area contributed by atoms with E-state index in [1.165, 1.54) is 6.42 Å². The van der Waals surface area contributed by atoms with E-state index in [1.54, 1.807) is 4.90 Å². The van der Waals surface area contributed by atoms with Crippen molar-refractivity contribution in [2.75, 3.05) is 6.54 Å². The molecule has 2 N–H and O–H groups in total. The number of amides is 2. The van der Waals surface area contributed by atoms with E-state index in [2.05, 4.69) is 12.2 Å². The molecule has 5 heteroatoms. The monoisotopic (exact) mass is 254 g/mol. The summed E-state index contributed by atoms with van der Waals surface area (Å²) < 4.78 is 0. The molecule has 2 rings (SSSR count). The molecule has 2 saturated carbocycles. The molecule has 2 fully saturated rings. The summed E-state index contributed by atoms with van der Waals surface area (Å²) in [5.41, 5.74) is 0. The molecular weight excluding hydrogens is 232 g/mol. The highest BCUT2D eigenvalue weighted by Gasteiger charge is 2.34. The predicted octanol–water partition coefficient (Wildman–Crippen LogP) is 1.82. The van der Waals surface area contributed by atoms with E-state index in [0.29, 0.717) is 12.5 Å². The molecular formula is C13H22N2O3. The first kappa shape index (κ1) is 13.2. The van der Waals surface area contributed by atoms with E-state index >= 15 is 0 Å². The molecule has 0 bridgehead atoms. The molecule has 102 valence electrons. The maximum absolute atomic E-state index is 12.1. The van der Waals surface area contributed by atoms with Crippen molar-refractivity contribution in [2.45, 2.75) is 57.5 Å². The van der Waals surface area contributed by atoms with Crippen molar-refractivity contribution in [1.82, 2.24) is 10.2 Å². The number of rotatable bonds is 5. The highest BCUT2D eigenvalue weighted by molar-refractivity contribution is 5.76. The molecule has 0 heterocycles. The minimum Gasteiger partial charge on any atom is -0.481 e. The van der Waals surface area contributed by atoms with Gasteiger partial charge in [-0.25, -0.2) is 4.79 Å². The summed E-state index contributed by atoms with van der Waals surface area (Å²) >= 11 is 0. The summed E-state index contributed by atoms with van der Waals surface area (Å²) in [4.78, 5) is 24.4. The van der Waals surface area contributed by atoms with Crippen LogP contribution < -0.4 is 5.32 Å². The molecule has 0 aromatic heterocycles. The van der Waals surface area contributed by atoms with Gasteiger partial charge in [0.2, 0.25) is 0 Å². The van der Waals surface area contributed by atoms with Gasteiger partial charge < -0.3 is 15.3 Å². The Morgan fingerprint density at radius 1 is 1.28 bits per heavy atom. The quantitative estimate of drug-likeness (QED) is 0.786. The highest BCUT2D eigenvalue weighted by atomic mass is 16.4. The Labute approximate surface area is 108 Å². The lowest BCUT2D eigenvalue weighted by molar-refractivity contribution is -0.137. The summed E-state index contributed by atoms with van der Waals surface area (Å²) in [7, 11) is 0. The number of nitrogens with one attached hydrogen (secondary N) is 1. The summed E-state index contributed by atoms with van der Waals surface area (Å²) in [5.74, 6) is -0.161. The first-order chi connectivity index (χ1) is 8.56. The van der Waals surface area contributed by atoms with Crippen molar-refractivity contribution in [3.63, 3.8) is 0 Å². The van der Waals surface area contributed by atoms with Gasteiger partial charge in [-0.2, -0.15) is 0 Å². The second-order valence-electron chi connectivity index (χ2n) is 5.63. The zero-order valence-electron chi connectivity index (χ0n) is 10.9. The van der Waals surface area contributed by atoms with Crippen molar-refractivity contribution < 1.29 is 14.7 Å². The maximum Gasteiger partial charge on any atom is 0.317 e. The van der Waals surface area contributed by atoms with E-state index < -0.39 is 5.97 Å². The molecule has 0 aromatic rings. The van der Waals surface area contributed by atoms with Crippen molar-refractivity contribution >= 4 is 12.0 Å². The van der Waals surface area contributed by atoms with Crippen molar-refractivity contribution in [3.8, 4) is 0 Å². The summed E-state index contributed by atoms with van der Waals surface area (Å²) in [6, 6.07) is 0.472. The van der Waals surface area contributed by atoms with Gasteiger partial charge in [0, 0.05) is 18.6 Å². The number of aliphatic carboxylic acids is 1. The summed E-state index contributed by atoms with van der Waals surface area (Å²) in [6.45, 7) is 2.53. The first-order valence-corrected chi connectivity index (χ1v) is 6.85. The Morgan fingerprint density at radius 2 is 2.00 bits per heavy atom. The average molecular weight is 254 g/mol. The van der Waals surface area contributed by atoms with Crippen LogP contribution in [-0.4, -0.2) is 40.6 Å². The SMILES string of the molecule is CC1CCC(NC(=O)N(CCC(=O)O)C2CC2)C1. The van der Waals surface area contributed by atoms with Crippen LogP contribution in [0.5, 0.6) is 0 Å². The smallest absolute Gasteiger partial charge is 0.317 e. The lowest BCUT2D eigenvalue weighted by atomic mass is 10.1. The van der Waals surface area contributed by atoms with Gasteiger partial charge in [-0.05, 0) is 38.0 Å². The van der Waals surface area contributed by atoms with E-state index in [0.717, 1.165) is 25.7 Å². The van der Waals surface area contributed by atoms with Crippen molar-refractivity contribution in [3.05, 3.63) is 0 Å². The lowest BCUT2D eigenvalue weighted by Gasteiger charge is -2.24. The standard InChI is InChI=1S/C13H22N2O3/c1-9-2-3-10(8-9)14-13(18)15(11-4-5-11)7-6-12(16)17/h9-11H,2-8H2,1H3,(H,14,18)(H,16,17). The zero-order valence-corrected chi connectivity index (χ0v) is 10.9. The number of carboxylic acid groups (broad SMARTS) is 1. The fourth-order valence-corrected chi connectivity index (χ4v) is 2.65. The Morgan fingerprint density at radius 3 is 2.50 bits per heavy atom. The van der Waals surface area contributed by atoms with Gasteiger partial charge in [-0.3, -0.25) is 4.79 Å². The third-order valence-electron chi connectivity index (χ3n) is 3.84. The topological polar surface area (TPSA) is 69.6 Å². The molecule has 2 aliphatic carbocycles. The minimum atomic E-state index is -0.845. The van der Waals surface area contributed by atoms with Crippen molar-refractivity contribution in [2.24, 2.45) is 5.92 Å². The van der Waals surface area contributed by atoms with Crippen LogP contribution >= 0.6 is 0 Å². The third kappa shape index (κ3) is 3.62. The number of carbonyl (C=O) groups excluding carboxylic acids is 1. The summed E-state index contributed by atoms with van der Waals surface area (Å²) in [6.07, 6.45) is 5.31. The van der Waals surface area contributed by atoms with E-state index in [1.807, 2.05) is 0 Å². The molecule has 18 heavy (non-hydrogen) atoms. The van der Waals surface area contributed by atoms with Crippen LogP contribution in [0.4, 0.5) is 4.79 Å². The van der Waals surface area contributed by atoms with E-state index in [-0.39, 0.29) is 24.5 Å². The van der Waals surface area contributed by atoms with Crippen LogP contribution in [0.2, 0.25) is 0 Å². The first-order valence-electron chi connectivity index (χ1n) is 6.85. The molecule has 0 aliphatic heterocycles. The minimum absolute atomic E-state index is 0.0327. The molecule has 2 unspecified atom stereocenters. The fraction of sp³-hybridized carbons (Fsp3) is 0.846. The number of hydrogen-bond donors (Lipinski definition) is 2. The molecule has 2 aliphatic rings. The number of nitrogens with zero attached hydrogens (tertiary/aromatic N) is 1. The molecule has 5 nitrogen and oxygen atoms in total. The van der Waals surface area contributed by atoms with Gasteiger partial charge in [0.1, 0.15) is 0 Å². The van der Waals surface area contributed by atoms with E-state index in [4.69, 9.17) is 5.11 Å². The third-order valence-corrected chi connectivity index (χ3v) is 3.84. The van der Waals surface area contributed by atoms with Gasteiger partial charge in [0.05, 0.1) is 6.42 Å². The molecule has 2 atom stereocenters. The fourth-order valence-electron chi connectivity index (χ4n) is 2.65. The number of hydrogen-bond acceptors (Lipinski definition) is 2. The molecule has 0 spiro atoms. The van der Waals surface area contributed by atoms with E-state index in [9.17, 15) is 9.59 Å². The normalized spacial score (nSPS) is 26.9. The van der Waals surface area contributed by atoms with Crippen LogP contribution in [0, 0.1) is 5.92 Å². The van der Waals surface area contributed by atoms with Gasteiger partial charge in [-0.1, -0.05) is 6.92 Å². The van der Waals surface area contributed by atoms with Crippen LogP contribution in [0.25, 0.3) is 0 Å². The Bertz CT molecular complexity index is 328. The van der Waals surface area contributed by atoms with Crippen LogP contribution in [0.3, 0.4) is 0 Å². The number of urea groups is 1. The molecule has 0 radical (unpaired) electrons. The second kappa shape index (κ2) is 5.59. The highest BCUT2D eigenvalue weighted by Crippen LogP contribution is 2.28. The summed E-state index contributed by atoms with van der Waals surface area (Å²) in [5, 5.41) is 11.8. The second-order valence-corrected chi connectivity index (χ2v) is 5.63. The molecule has 2 amide bonds. The van der Waals surface area contributed by atoms with Crippen molar-refractivity contribution in [1.29, 1.82) is 0 Å². The molecule has 0 saturated heterocycles. The van der Waals surface area contributed by atoms with Gasteiger partial charge in [0.15, 0.2) is 0 Å². The maximum atomic E-state index is 12.1. The Balaban J connectivity index is 1.81. The Hall–Kier alpha value is -1.26. The lowest BCUT2D eigenvalue weighted by Crippen LogP contribution is -2.46. The predicted molar refractivity (Wildman–Crippen MR) is 67.3 cm³/mol. The zero-order chi connectivity index (χ0) is 13.1. The van der Waals surface area contributed by atoms with Crippen LogP contribution in [0.1, 0.15) is 45.4 Å². The van der Waals surface area contributed by atoms with Crippen LogP contribution in [0.15, 0.2) is 0 Å². The average Bonchev–Trinajstić information content (AvgIpc) is 3.03. The molecule has 0 aromatic carbocycles. The van der Waals surface area contributed by atoms with Gasteiger partial charge >= 0.3 is 12.0 Å². The number of carboxylic acids is 1. The van der Waals surface area contributed by atoms with Gasteiger partial charge in [0.25, 0.3) is 0 Å². The number of carbonyl (C=O) groups is 2. The van der Waals surface area contributed by atoms with Crippen LogP contribution in [-0.2, 0) is 4.79 Å².